The van der Waals surface area contributed by atoms with Crippen molar-refractivity contribution in [3.05, 3.63) is 32.7 Å². The molecule has 2 nitrogen and oxygen atoms in total. The smallest absolute Gasteiger partial charge is 0.249 e. The van der Waals surface area contributed by atoms with Gasteiger partial charge >= 0.3 is 0 Å². The molecule has 0 radical (unpaired) electrons. The average Bonchev–Trinajstić information content (AvgIpc) is 1.59. The second kappa shape index (κ2) is 2.35. The number of hydrogen-bond acceptors (Lipinski definition) is 1. The minimum Gasteiger partial charge on any atom is -0.317 e. The summed E-state index contributed by atoms with van der Waals surface area (Å²) in [6, 6.07) is 3.39. The Balaban J connectivity index is 3.33. The predicted molar refractivity (Wildman–Crippen MR) is 39.5 cm³/mol. The third-order valence-corrected chi connectivity index (χ3v) is 1.38. The van der Waals surface area contributed by atoms with Crippen molar-refractivity contribution in [2.45, 2.75) is 6.92 Å². The summed E-state index contributed by atoms with van der Waals surface area (Å²) in [7, 11) is 0. The number of aromatic nitrogens is 1. The van der Waals surface area contributed by atoms with Gasteiger partial charge in [-0.05, 0) is 34.5 Å². The summed E-state index contributed by atoms with van der Waals surface area (Å²) < 4.78 is 0.729. The van der Waals surface area contributed by atoms with Gasteiger partial charge in [0, 0.05) is 6.07 Å². The molecule has 0 spiro atoms. The molecule has 0 saturated heterocycles. The maximum atomic E-state index is 10.6. The molecule has 0 aliphatic heterocycles. The molecule has 1 aromatic heterocycles. The molecule has 48 valence electrons. The SMILES string of the molecule is Cc1cc(Br)[nH]c(=O)c1. The summed E-state index contributed by atoms with van der Waals surface area (Å²) in [6.45, 7) is 1.88. The lowest BCUT2D eigenvalue weighted by Crippen LogP contribution is -2.03. The van der Waals surface area contributed by atoms with Crippen LogP contribution in [0.5, 0.6) is 0 Å². The molecule has 0 bridgehead atoms. The fraction of sp³-hybridized carbons (Fsp3) is 0.167. The predicted octanol–water partition coefficient (Wildman–Crippen LogP) is 1.45. The second-order valence-electron chi connectivity index (χ2n) is 1.87. The van der Waals surface area contributed by atoms with Crippen molar-refractivity contribution in [1.29, 1.82) is 0 Å². The van der Waals surface area contributed by atoms with Crippen LogP contribution in [0.3, 0.4) is 0 Å². The van der Waals surface area contributed by atoms with Crippen LogP contribution in [0.4, 0.5) is 0 Å². The molecule has 9 heavy (non-hydrogen) atoms. The summed E-state index contributed by atoms with van der Waals surface area (Å²) in [5.41, 5.74) is 0.896. The summed E-state index contributed by atoms with van der Waals surface area (Å²) in [5.74, 6) is 0. The van der Waals surface area contributed by atoms with E-state index in [9.17, 15) is 4.79 Å². The number of aryl methyl sites for hydroxylation is 1. The molecule has 1 N–H and O–H groups in total. The van der Waals surface area contributed by atoms with Gasteiger partial charge in [-0.2, -0.15) is 0 Å². The Hall–Kier alpha value is -0.570. The van der Waals surface area contributed by atoms with Crippen molar-refractivity contribution in [3.63, 3.8) is 0 Å². The molecule has 1 aromatic rings. The zero-order chi connectivity index (χ0) is 6.85. The van der Waals surface area contributed by atoms with E-state index in [4.69, 9.17) is 0 Å². The van der Waals surface area contributed by atoms with Crippen LogP contribution in [0, 0.1) is 6.92 Å². The van der Waals surface area contributed by atoms with Gasteiger partial charge in [-0.1, -0.05) is 0 Å². The van der Waals surface area contributed by atoms with Crippen molar-refractivity contribution in [1.82, 2.24) is 4.98 Å². The molecule has 0 fully saturated rings. The molecule has 3 heteroatoms. The largest absolute Gasteiger partial charge is 0.317 e. The first-order valence-corrected chi connectivity index (χ1v) is 3.34. The molecule has 0 amide bonds. The standard InChI is InChI=1S/C6H6BrNO/c1-4-2-5(7)8-6(9)3-4/h2-3H,1H3,(H,8,9). The lowest BCUT2D eigenvalue weighted by Gasteiger charge is -1.89. The summed E-state index contributed by atoms with van der Waals surface area (Å²) in [4.78, 5) is 13.2. The Kier molecular flexibility index (Phi) is 1.71. The minimum atomic E-state index is -0.0677. The van der Waals surface area contributed by atoms with Gasteiger partial charge in [0.2, 0.25) is 5.56 Å². The fourth-order valence-electron chi connectivity index (χ4n) is 0.638. The maximum absolute atomic E-state index is 10.6. The third-order valence-electron chi connectivity index (χ3n) is 0.956. The molecule has 0 aromatic carbocycles. The van der Waals surface area contributed by atoms with Crippen LogP contribution in [-0.2, 0) is 0 Å². The van der Waals surface area contributed by atoms with Gasteiger partial charge in [-0.15, -0.1) is 0 Å². The Morgan fingerprint density at radius 2 is 2.22 bits per heavy atom. The number of hydrogen-bond donors (Lipinski definition) is 1. The highest BCUT2D eigenvalue weighted by Crippen LogP contribution is 2.03. The van der Waals surface area contributed by atoms with E-state index in [1.54, 1.807) is 6.07 Å². The van der Waals surface area contributed by atoms with E-state index in [1.165, 1.54) is 0 Å². The van der Waals surface area contributed by atoms with Gasteiger partial charge in [-0.25, -0.2) is 0 Å². The van der Waals surface area contributed by atoms with Crippen molar-refractivity contribution >= 4 is 15.9 Å². The first-order valence-electron chi connectivity index (χ1n) is 2.55. The van der Waals surface area contributed by atoms with Crippen LogP contribution in [0.25, 0.3) is 0 Å². The number of rotatable bonds is 0. The Morgan fingerprint density at radius 3 is 2.67 bits per heavy atom. The van der Waals surface area contributed by atoms with E-state index >= 15 is 0 Å². The normalized spacial score (nSPS) is 9.56. The van der Waals surface area contributed by atoms with Crippen LogP contribution in [-0.4, -0.2) is 4.98 Å². The summed E-state index contributed by atoms with van der Waals surface area (Å²) in [5, 5.41) is 0. The number of H-pyrrole nitrogens is 1. The van der Waals surface area contributed by atoms with E-state index in [2.05, 4.69) is 20.9 Å². The number of pyridine rings is 1. The van der Waals surface area contributed by atoms with E-state index < -0.39 is 0 Å². The summed E-state index contributed by atoms with van der Waals surface area (Å²) in [6.07, 6.45) is 0. The zero-order valence-corrected chi connectivity index (χ0v) is 6.53. The van der Waals surface area contributed by atoms with Crippen molar-refractivity contribution in [3.8, 4) is 0 Å². The molecule has 0 unspecified atom stereocenters. The quantitative estimate of drug-likeness (QED) is 0.614. The van der Waals surface area contributed by atoms with Gasteiger partial charge in [0.25, 0.3) is 0 Å². The van der Waals surface area contributed by atoms with Crippen molar-refractivity contribution in [2.75, 3.05) is 0 Å². The monoisotopic (exact) mass is 187 g/mol. The van der Waals surface area contributed by atoms with Crippen LogP contribution >= 0.6 is 15.9 Å². The topological polar surface area (TPSA) is 32.9 Å². The van der Waals surface area contributed by atoms with E-state index in [0.717, 1.165) is 10.2 Å². The highest BCUT2D eigenvalue weighted by atomic mass is 79.9. The van der Waals surface area contributed by atoms with E-state index in [-0.39, 0.29) is 5.56 Å². The van der Waals surface area contributed by atoms with Crippen LogP contribution in [0.1, 0.15) is 5.56 Å². The van der Waals surface area contributed by atoms with Gasteiger partial charge < -0.3 is 4.98 Å². The molecule has 0 aliphatic rings. The van der Waals surface area contributed by atoms with Crippen molar-refractivity contribution in [2.24, 2.45) is 0 Å². The van der Waals surface area contributed by atoms with E-state index in [1.807, 2.05) is 13.0 Å². The number of halogens is 1. The van der Waals surface area contributed by atoms with Crippen LogP contribution < -0.4 is 5.56 Å². The highest BCUT2D eigenvalue weighted by Gasteiger charge is 1.88. The number of nitrogens with one attached hydrogen (secondary N) is 1. The molecule has 0 aliphatic carbocycles. The molecular formula is C6H6BrNO. The summed E-state index contributed by atoms with van der Waals surface area (Å²) >= 11 is 3.16. The molecule has 0 atom stereocenters. The third kappa shape index (κ3) is 1.68. The second-order valence-corrected chi connectivity index (χ2v) is 2.72. The fourth-order valence-corrected chi connectivity index (χ4v) is 1.19. The Bertz CT molecular complexity index is 243. The van der Waals surface area contributed by atoms with Crippen LogP contribution in [0.15, 0.2) is 21.5 Å². The molecule has 1 rings (SSSR count). The van der Waals surface area contributed by atoms with E-state index in [0.29, 0.717) is 0 Å². The number of aromatic amines is 1. The molecule has 1 heterocycles. The first kappa shape index (κ1) is 6.55. The van der Waals surface area contributed by atoms with Gasteiger partial charge in [0.05, 0.1) is 4.60 Å². The van der Waals surface area contributed by atoms with Crippen molar-refractivity contribution < 1.29 is 0 Å². The van der Waals surface area contributed by atoms with Gasteiger partial charge in [-0.3, -0.25) is 4.79 Å². The Morgan fingerprint density at radius 1 is 1.56 bits per heavy atom. The molecular weight excluding hydrogens is 182 g/mol. The first-order chi connectivity index (χ1) is 4.18. The zero-order valence-electron chi connectivity index (χ0n) is 4.94. The Labute approximate surface area is 61.0 Å². The highest BCUT2D eigenvalue weighted by molar-refractivity contribution is 9.10. The van der Waals surface area contributed by atoms with Crippen LogP contribution in [0.2, 0.25) is 0 Å². The molecule has 0 saturated carbocycles. The average molecular weight is 188 g/mol. The minimum absolute atomic E-state index is 0.0677. The maximum Gasteiger partial charge on any atom is 0.249 e. The lowest BCUT2D eigenvalue weighted by molar-refractivity contribution is 1.17. The lowest BCUT2D eigenvalue weighted by atomic mass is 10.3. The van der Waals surface area contributed by atoms with Gasteiger partial charge in [0.15, 0.2) is 0 Å². The van der Waals surface area contributed by atoms with Gasteiger partial charge in [0.1, 0.15) is 0 Å².